The van der Waals surface area contributed by atoms with Gasteiger partial charge in [-0.25, -0.2) is 0 Å². The summed E-state index contributed by atoms with van der Waals surface area (Å²) in [6.07, 6.45) is 2.98. The highest BCUT2D eigenvalue weighted by atomic mass is 35.5. The maximum absolute atomic E-state index is 12.5. The van der Waals surface area contributed by atoms with Crippen molar-refractivity contribution in [2.75, 3.05) is 0 Å². The van der Waals surface area contributed by atoms with Gasteiger partial charge in [-0.1, -0.05) is 67.4 Å². The molecule has 0 heterocycles. The predicted octanol–water partition coefficient (Wildman–Crippen LogP) is 4.91. The molecule has 0 fully saturated rings. The summed E-state index contributed by atoms with van der Waals surface area (Å²) in [5.74, 6) is 0.0502. The first-order valence-corrected chi connectivity index (χ1v) is 6.99. The summed E-state index contributed by atoms with van der Waals surface area (Å²) < 4.78 is 0. The maximum atomic E-state index is 12.5. The molecule has 2 aromatic carbocycles. The Labute approximate surface area is 119 Å². The molecular weight excluding hydrogens is 256 g/mol. The van der Waals surface area contributed by atoms with Crippen molar-refractivity contribution in [3.8, 4) is 0 Å². The Kier molecular flexibility index (Phi) is 4.75. The quantitative estimate of drug-likeness (QED) is 0.707. The fraction of sp³-hybridized carbons (Fsp3) is 0.235. The lowest BCUT2D eigenvalue weighted by Gasteiger charge is -2.10. The fourth-order valence-corrected chi connectivity index (χ4v) is 2.39. The van der Waals surface area contributed by atoms with Crippen LogP contribution in [0.25, 0.3) is 0 Å². The van der Waals surface area contributed by atoms with Crippen molar-refractivity contribution in [3.05, 3.63) is 70.2 Å². The number of unbranched alkanes of at least 4 members (excludes halogenated alkanes) is 1. The molecule has 19 heavy (non-hydrogen) atoms. The average molecular weight is 273 g/mol. The van der Waals surface area contributed by atoms with Crippen molar-refractivity contribution < 1.29 is 4.79 Å². The van der Waals surface area contributed by atoms with Gasteiger partial charge in [0.05, 0.1) is 0 Å². The highest BCUT2D eigenvalue weighted by Gasteiger charge is 2.15. The van der Waals surface area contributed by atoms with Crippen molar-refractivity contribution >= 4 is 17.4 Å². The second-order valence-electron chi connectivity index (χ2n) is 4.56. The molecule has 0 radical (unpaired) electrons. The molecule has 0 saturated carbocycles. The minimum Gasteiger partial charge on any atom is -0.289 e. The van der Waals surface area contributed by atoms with Crippen LogP contribution in [-0.2, 0) is 6.42 Å². The fourth-order valence-electron chi connectivity index (χ4n) is 2.12. The van der Waals surface area contributed by atoms with Crippen LogP contribution in [-0.4, -0.2) is 5.78 Å². The minimum atomic E-state index is 0.0502. The molecule has 0 amide bonds. The number of halogens is 1. The summed E-state index contributed by atoms with van der Waals surface area (Å²) in [6.45, 7) is 2.13. The number of carbonyl (C=O) groups excluding carboxylic acids is 1. The lowest BCUT2D eigenvalue weighted by atomic mass is 9.95. The van der Waals surface area contributed by atoms with E-state index in [2.05, 4.69) is 6.92 Å². The van der Waals surface area contributed by atoms with Gasteiger partial charge in [-0.3, -0.25) is 4.79 Å². The van der Waals surface area contributed by atoms with E-state index in [1.165, 1.54) is 0 Å². The van der Waals surface area contributed by atoms with E-state index in [4.69, 9.17) is 11.6 Å². The van der Waals surface area contributed by atoms with Gasteiger partial charge in [-0.05, 0) is 24.5 Å². The first-order chi connectivity index (χ1) is 9.24. The van der Waals surface area contributed by atoms with E-state index in [0.717, 1.165) is 30.4 Å². The zero-order valence-corrected chi connectivity index (χ0v) is 11.8. The van der Waals surface area contributed by atoms with Crippen LogP contribution < -0.4 is 0 Å². The van der Waals surface area contributed by atoms with E-state index < -0.39 is 0 Å². The van der Waals surface area contributed by atoms with Crippen LogP contribution in [0.1, 0.15) is 41.3 Å². The number of hydrogen-bond donors (Lipinski definition) is 0. The molecule has 0 spiro atoms. The number of carbonyl (C=O) groups is 1. The third kappa shape index (κ3) is 3.24. The van der Waals surface area contributed by atoms with E-state index in [1.807, 2.05) is 48.5 Å². The lowest BCUT2D eigenvalue weighted by molar-refractivity contribution is 0.103. The number of hydrogen-bond acceptors (Lipinski definition) is 1. The van der Waals surface area contributed by atoms with Crippen LogP contribution in [0.4, 0.5) is 0 Å². The number of benzene rings is 2. The van der Waals surface area contributed by atoms with Gasteiger partial charge in [-0.15, -0.1) is 0 Å². The van der Waals surface area contributed by atoms with Crippen molar-refractivity contribution in [2.45, 2.75) is 26.2 Å². The first-order valence-electron chi connectivity index (χ1n) is 6.61. The average Bonchev–Trinajstić information content (AvgIpc) is 2.46. The Balaban J connectivity index is 2.39. The van der Waals surface area contributed by atoms with Gasteiger partial charge in [0.25, 0.3) is 0 Å². The molecule has 0 atom stereocenters. The number of ketones is 1. The summed E-state index contributed by atoms with van der Waals surface area (Å²) in [5.41, 5.74) is 2.41. The van der Waals surface area contributed by atoms with Gasteiger partial charge in [-0.2, -0.15) is 0 Å². The van der Waals surface area contributed by atoms with Crippen LogP contribution in [0.5, 0.6) is 0 Å². The molecule has 0 unspecified atom stereocenters. The Morgan fingerprint density at radius 3 is 2.47 bits per heavy atom. The summed E-state index contributed by atoms with van der Waals surface area (Å²) >= 11 is 6.24. The monoisotopic (exact) mass is 272 g/mol. The summed E-state index contributed by atoms with van der Waals surface area (Å²) in [5, 5.41) is 0.690. The highest BCUT2D eigenvalue weighted by molar-refractivity contribution is 6.32. The molecule has 0 saturated heterocycles. The van der Waals surface area contributed by atoms with Crippen LogP contribution in [0.3, 0.4) is 0 Å². The van der Waals surface area contributed by atoms with E-state index >= 15 is 0 Å². The molecule has 0 bridgehead atoms. The van der Waals surface area contributed by atoms with Gasteiger partial charge < -0.3 is 0 Å². The Morgan fingerprint density at radius 1 is 1.05 bits per heavy atom. The van der Waals surface area contributed by atoms with Gasteiger partial charge in [0.15, 0.2) is 5.78 Å². The topological polar surface area (TPSA) is 17.1 Å². The normalized spacial score (nSPS) is 10.4. The molecule has 2 heteroatoms. The van der Waals surface area contributed by atoms with E-state index in [1.54, 1.807) is 0 Å². The second-order valence-corrected chi connectivity index (χ2v) is 4.97. The molecular formula is C17H17ClO. The van der Waals surface area contributed by atoms with Crippen LogP contribution in [0.2, 0.25) is 5.02 Å². The van der Waals surface area contributed by atoms with Crippen molar-refractivity contribution in [1.82, 2.24) is 0 Å². The zero-order chi connectivity index (χ0) is 13.7. The third-order valence-corrected chi connectivity index (χ3v) is 3.53. The van der Waals surface area contributed by atoms with E-state index in [-0.39, 0.29) is 5.78 Å². The Morgan fingerprint density at radius 2 is 1.79 bits per heavy atom. The molecule has 98 valence electrons. The van der Waals surface area contributed by atoms with E-state index in [9.17, 15) is 4.79 Å². The zero-order valence-electron chi connectivity index (χ0n) is 11.0. The Hall–Kier alpha value is -1.60. The summed E-state index contributed by atoms with van der Waals surface area (Å²) in [6, 6.07) is 14.9. The lowest BCUT2D eigenvalue weighted by Crippen LogP contribution is -2.06. The van der Waals surface area contributed by atoms with Crippen molar-refractivity contribution in [2.24, 2.45) is 0 Å². The van der Waals surface area contributed by atoms with Crippen LogP contribution >= 0.6 is 11.6 Å². The standard InChI is InChI=1S/C17H17ClO/c1-2-3-10-14-15(11-7-12-16(14)18)17(19)13-8-5-4-6-9-13/h4-9,11-12H,2-3,10H2,1H3. The van der Waals surface area contributed by atoms with Gasteiger partial charge >= 0.3 is 0 Å². The SMILES string of the molecule is CCCCc1c(Cl)cccc1C(=O)c1ccccc1. The number of rotatable bonds is 5. The minimum absolute atomic E-state index is 0.0502. The molecule has 0 aromatic heterocycles. The first kappa shape index (κ1) is 13.8. The largest absolute Gasteiger partial charge is 0.289 e. The third-order valence-electron chi connectivity index (χ3n) is 3.18. The van der Waals surface area contributed by atoms with Crippen LogP contribution in [0, 0.1) is 0 Å². The Bertz CT molecular complexity index is 561. The second kappa shape index (κ2) is 6.53. The van der Waals surface area contributed by atoms with Gasteiger partial charge in [0.2, 0.25) is 0 Å². The van der Waals surface area contributed by atoms with Crippen molar-refractivity contribution in [1.29, 1.82) is 0 Å². The smallest absolute Gasteiger partial charge is 0.193 e. The molecule has 2 rings (SSSR count). The molecule has 2 aromatic rings. The van der Waals surface area contributed by atoms with Crippen LogP contribution in [0.15, 0.2) is 48.5 Å². The highest BCUT2D eigenvalue weighted by Crippen LogP contribution is 2.24. The molecule has 0 aliphatic carbocycles. The van der Waals surface area contributed by atoms with E-state index in [0.29, 0.717) is 10.6 Å². The maximum Gasteiger partial charge on any atom is 0.193 e. The molecule has 0 aliphatic heterocycles. The van der Waals surface area contributed by atoms with Gasteiger partial charge in [0, 0.05) is 16.1 Å². The predicted molar refractivity (Wildman–Crippen MR) is 79.9 cm³/mol. The summed E-state index contributed by atoms with van der Waals surface area (Å²) in [7, 11) is 0. The molecule has 0 N–H and O–H groups in total. The molecule has 1 nitrogen and oxygen atoms in total. The van der Waals surface area contributed by atoms with Gasteiger partial charge in [0.1, 0.15) is 0 Å². The van der Waals surface area contributed by atoms with Crippen molar-refractivity contribution in [3.63, 3.8) is 0 Å². The molecule has 0 aliphatic rings. The summed E-state index contributed by atoms with van der Waals surface area (Å²) in [4.78, 5) is 12.5.